The van der Waals surface area contributed by atoms with Crippen LogP contribution in [-0.4, -0.2) is 15.4 Å². The van der Waals surface area contributed by atoms with Gasteiger partial charge in [-0.15, -0.1) is 0 Å². The predicted octanol–water partition coefficient (Wildman–Crippen LogP) is 3.84. The van der Waals surface area contributed by atoms with E-state index < -0.39 is 5.82 Å². The van der Waals surface area contributed by atoms with Crippen molar-refractivity contribution in [1.82, 2.24) is 15.0 Å². The van der Waals surface area contributed by atoms with Crippen LogP contribution in [0.1, 0.15) is 11.4 Å². The Bertz CT molecular complexity index is 948. The number of halogens is 2. The average molecular weight is 402 g/mol. The lowest BCUT2D eigenvalue weighted by Crippen LogP contribution is -2.31. The molecular weight excluding hydrogens is 385 g/mol. The number of aliphatic imine (C=N–C) groups is 1. The van der Waals surface area contributed by atoms with Crippen molar-refractivity contribution in [2.24, 2.45) is 17.9 Å². The number of benzene rings is 2. The number of hydrazine groups is 1. The maximum absolute atomic E-state index is 14.3. The van der Waals surface area contributed by atoms with Gasteiger partial charge >= 0.3 is 0 Å². The number of aryl methyl sites for hydroxylation is 1. The predicted molar refractivity (Wildman–Crippen MR) is 101 cm³/mol. The fourth-order valence-corrected chi connectivity index (χ4v) is 2.86. The number of nitrogens with one attached hydrogen (secondary N) is 1. The summed E-state index contributed by atoms with van der Waals surface area (Å²) >= 11 is 3.17. The van der Waals surface area contributed by atoms with E-state index in [-0.39, 0.29) is 5.84 Å². The van der Waals surface area contributed by atoms with E-state index in [1.54, 1.807) is 18.2 Å². The zero-order valence-electron chi connectivity index (χ0n) is 13.8. The van der Waals surface area contributed by atoms with Gasteiger partial charge in [0.15, 0.2) is 5.84 Å². The molecule has 7 heteroatoms. The fourth-order valence-electron chi connectivity index (χ4n) is 2.49. The van der Waals surface area contributed by atoms with Crippen LogP contribution in [0.15, 0.2) is 58.1 Å². The molecule has 128 valence electrons. The maximum Gasteiger partial charge on any atom is 0.150 e. The van der Waals surface area contributed by atoms with Gasteiger partial charge in [0.05, 0.1) is 27.6 Å². The average Bonchev–Trinajstić information content (AvgIpc) is 2.95. The second-order valence-electron chi connectivity index (χ2n) is 5.51. The first-order valence-electron chi connectivity index (χ1n) is 7.59. The topological polar surface area (TPSA) is 68.2 Å². The van der Waals surface area contributed by atoms with Gasteiger partial charge in [-0.2, -0.15) is 0 Å². The number of aromatic nitrogens is 2. The summed E-state index contributed by atoms with van der Waals surface area (Å²) in [6.45, 7) is 1.94. The quantitative estimate of drug-likeness (QED) is 0.303. The van der Waals surface area contributed by atoms with Crippen LogP contribution in [0.2, 0.25) is 0 Å². The zero-order valence-corrected chi connectivity index (χ0v) is 15.4. The Morgan fingerprint density at radius 2 is 2.04 bits per heavy atom. The third kappa shape index (κ3) is 3.47. The summed E-state index contributed by atoms with van der Waals surface area (Å²) in [4.78, 5) is 8.77. The van der Waals surface area contributed by atoms with Gasteiger partial charge in [0.2, 0.25) is 0 Å². The monoisotopic (exact) mass is 401 g/mol. The van der Waals surface area contributed by atoms with E-state index in [2.05, 4.69) is 31.3 Å². The van der Waals surface area contributed by atoms with Gasteiger partial charge in [-0.3, -0.25) is 0 Å². The SMILES string of the molecule is Cc1ncc(-c2cccc(N=C(NN)c3cccc(Br)c3F)c2)n1C. The minimum Gasteiger partial charge on any atom is -0.331 e. The van der Waals surface area contributed by atoms with Gasteiger partial charge < -0.3 is 9.99 Å². The molecule has 0 radical (unpaired) electrons. The first-order valence-corrected chi connectivity index (χ1v) is 8.39. The fraction of sp³-hybridized carbons (Fsp3) is 0.111. The maximum atomic E-state index is 14.3. The highest BCUT2D eigenvalue weighted by molar-refractivity contribution is 9.10. The summed E-state index contributed by atoms with van der Waals surface area (Å²) in [5, 5.41) is 0. The van der Waals surface area contributed by atoms with E-state index in [0.717, 1.165) is 17.1 Å². The van der Waals surface area contributed by atoms with Crippen LogP contribution in [0.3, 0.4) is 0 Å². The van der Waals surface area contributed by atoms with Crippen LogP contribution in [-0.2, 0) is 7.05 Å². The summed E-state index contributed by atoms with van der Waals surface area (Å²) in [5.41, 5.74) is 5.37. The van der Waals surface area contributed by atoms with Crippen LogP contribution in [0.4, 0.5) is 10.1 Å². The Labute approximate surface area is 153 Å². The first kappa shape index (κ1) is 17.3. The Morgan fingerprint density at radius 1 is 1.28 bits per heavy atom. The summed E-state index contributed by atoms with van der Waals surface area (Å²) < 4.78 is 16.7. The third-order valence-corrected chi connectivity index (χ3v) is 4.56. The standard InChI is InChI=1S/C18H17BrFN5/c1-11-22-10-16(25(11)2)12-5-3-6-13(9-12)23-18(24-21)14-7-4-8-15(19)17(14)20/h3-10H,21H2,1-2H3,(H,23,24). The number of rotatable bonds is 3. The number of hydrogen-bond donors (Lipinski definition) is 2. The van der Waals surface area contributed by atoms with Crippen LogP contribution in [0, 0.1) is 12.7 Å². The molecular formula is C18H17BrFN5. The van der Waals surface area contributed by atoms with Gasteiger partial charge in [0.25, 0.3) is 0 Å². The molecule has 0 aliphatic rings. The Kier molecular flexibility index (Phi) is 4.96. The Balaban J connectivity index is 2.04. The second-order valence-corrected chi connectivity index (χ2v) is 6.36. The van der Waals surface area contributed by atoms with Gasteiger partial charge in [0, 0.05) is 12.6 Å². The largest absolute Gasteiger partial charge is 0.331 e. The molecule has 5 nitrogen and oxygen atoms in total. The number of nitrogens with two attached hydrogens (primary N) is 1. The zero-order chi connectivity index (χ0) is 18.0. The molecule has 1 aromatic heterocycles. The van der Waals surface area contributed by atoms with E-state index in [1.807, 2.05) is 49.0 Å². The van der Waals surface area contributed by atoms with Crippen LogP contribution < -0.4 is 11.3 Å². The molecule has 0 aliphatic carbocycles. The minimum absolute atomic E-state index is 0.247. The highest BCUT2D eigenvalue weighted by Crippen LogP contribution is 2.25. The highest BCUT2D eigenvalue weighted by Gasteiger charge is 2.12. The molecule has 0 unspecified atom stereocenters. The summed E-state index contributed by atoms with van der Waals surface area (Å²) in [6.07, 6.45) is 1.81. The lowest BCUT2D eigenvalue weighted by Gasteiger charge is -2.09. The number of imidazole rings is 1. The van der Waals surface area contributed by atoms with Crippen molar-refractivity contribution in [2.75, 3.05) is 0 Å². The molecule has 0 saturated heterocycles. The van der Waals surface area contributed by atoms with Gasteiger partial charge in [-0.1, -0.05) is 18.2 Å². The number of amidine groups is 1. The third-order valence-electron chi connectivity index (χ3n) is 3.95. The molecule has 25 heavy (non-hydrogen) atoms. The van der Waals surface area contributed by atoms with E-state index >= 15 is 0 Å². The van der Waals surface area contributed by atoms with E-state index in [9.17, 15) is 4.39 Å². The summed E-state index contributed by atoms with van der Waals surface area (Å²) in [6, 6.07) is 12.6. The lowest BCUT2D eigenvalue weighted by molar-refractivity contribution is 0.617. The van der Waals surface area contributed by atoms with Crippen molar-refractivity contribution >= 4 is 27.5 Å². The molecule has 1 heterocycles. The number of hydrogen-bond acceptors (Lipinski definition) is 3. The molecule has 2 aromatic carbocycles. The summed E-state index contributed by atoms with van der Waals surface area (Å²) in [5.74, 6) is 6.32. The highest BCUT2D eigenvalue weighted by atomic mass is 79.9. The molecule has 0 spiro atoms. The number of nitrogens with zero attached hydrogens (tertiary/aromatic N) is 3. The molecule has 0 fully saturated rings. The molecule has 0 bridgehead atoms. The van der Waals surface area contributed by atoms with E-state index in [0.29, 0.717) is 15.7 Å². The van der Waals surface area contributed by atoms with Crippen molar-refractivity contribution in [3.05, 3.63) is 70.3 Å². The van der Waals surface area contributed by atoms with Crippen LogP contribution >= 0.6 is 15.9 Å². The Morgan fingerprint density at radius 3 is 2.72 bits per heavy atom. The molecule has 0 saturated carbocycles. The van der Waals surface area contributed by atoms with Gasteiger partial charge in [-0.05, 0) is 47.1 Å². The van der Waals surface area contributed by atoms with E-state index in [1.165, 1.54) is 0 Å². The van der Waals surface area contributed by atoms with Crippen molar-refractivity contribution < 1.29 is 4.39 Å². The normalized spacial score (nSPS) is 11.6. The molecule has 3 rings (SSSR count). The van der Waals surface area contributed by atoms with Crippen molar-refractivity contribution in [3.63, 3.8) is 0 Å². The van der Waals surface area contributed by atoms with Crippen molar-refractivity contribution in [3.8, 4) is 11.3 Å². The van der Waals surface area contributed by atoms with Crippen LogP contribution in [0.5, 0.6) is 0 Å². The lowest BCUT2D eigenvalue weighted by atomic mass is 10.1. The molecule has 3 aromatic rings. The smallest absolute Gasteiger partial charge is 0.150 e. The van der Waals surface area contributed by atoms with E-state index in [4.69, 9.17) is 5.84 Å². The molecule has 0 aliphatic heterocycles. The van der Waals surface area contributed by atoms with Crippen molar-refractivity contribution in [1.29, 1.82) is 0 Å². The van der Waals surface area contributed by atoms with Gasteiger partial charge in [-0.25, -0.2) is 20.2 Å². The molecule has 0 atom stereocenters. The summed E-state index contributed by atoms with van der Waals surface area (Å²) in [7, 11) is 1.96. The molecule has 0 amide bonds. The molecule has 3 N–H and O–H groups in total. The minimum atomic E-state index is -0.419. The van der Waals surface area contributed by atoms with Gasteiger partial charge in [0.1, 0.15) is 11.6 Å². The first-order chi connectivity index (χ1) is 12.0. The van der Waals surface area contributed by atoms with Crippen molar-refractivity contribution in [2.45, 2.75) is 6.92 Å². The Hall–Kier alpha value is -2.51. The second kappa shape index (κ2) is 7.16. The van der Waals surface area contributed by atoms with Crippen LogP contribution in [0.25, 0.3) is 11.3 Å².